The zero-order chi connectivity index (χ0) is 26.3. The van der Waals surface area contributed by atoms with Gasteiger partial charge in [0.05, 0.1) is 17.7 Å². The summed E-state index contributed by atoms with van der Waals surface area (Å²) in [5, 5.41) is 20.0. The second kappa shape index (κ2) is 12.2. The number of amides is 1. The molecule has 1 saturated heterocycles. The summed E-state index contributed by atoms with van der Waals surface area (Å²) in [7, 11) is 1.87. The number of nitrogens with zero attached hydrogens (tertiary/aromatic N) is 5. The molecule has 1 unspecified atom stereocenters. The van der Waals surface area contributed by atoms with E-state index >= 15 is 0 Å². The number of anilines is 1. The summed E-state index contributed by atoms with van der Waals surface area (Å²) in [5.74, 6) is -0.0447. The first-order valence-corrected chi connectivity index (χ1v) is 12.9. The number of likely N-dealkylation sites (N-methyl/N-ethyl adjacent to an activating group) is 1. The van der Waals surface area contributed by atoms with Crippen molar-refractivity contribution in [2.45, 2.75) is 42.1 Å². The summed E-state index contributed by atoms with van der Waals surface area (Å²) in [6, 6.07) is 11.4. The lowest BCUT2D eigenvalue weighted by Crippen LogP contribution is -2.49. The van der Waals surface area contributed by atoms with Crippen LogP contribution in [-0.4, -0.2) is 66.3 Å². The predicted molar refractivity (Wildman–Crippen MR) is 142 cm³/mol. The molecule has 190 valence electrons. The molecule has 0 radical (unpaired) electrons. The maximum Gasteiger partial charge on any atom is 0.235 e. The second-order valence-electron chi connectivity index (χ2n) is 9.02. The van der Waals surface area contributed by atoms with Gasteiger partial charge in [0, 0.05) is 39.8 Å². The van der Waals surface area contributed by atoms with Crippen molar-refractivity contribution >= 4 is 29.2 Å². The number of piperidine rings is 1. The van der Waals surface area contributed by atoms with E-state index in [2.05, 4.69) is 15.8 Å². The maximum atomic E-state index is 12.3. The molecule has 10 heteroatoms. The summed E-state index contributed by atoms with van der Waals surface area (Å²) in [5.41, 5.74) is 12.7. The van der Waals surface area contributed by atoms with E-state index in [0.29, 0.717) is 53.5 Å². The summed E-state index contributed by atoms with van der Waals surface area (Å²) in [4.78, 5) is 25.0. The first kappa shape index (κ1) is 27.4. The van der Waals surface area contributed by atoms with Crippen LogP contribution in [0.4, 0.5) is 11.5 Å². The third-order valence-corrected chi connectivity index (χ3v) is 7.93. The minimum absolute atomic E-state index is 0.264. The SMILES string of the molecule is [C-]#[N+]c1c(N(C)CCN2CCC(O)(CN)CC2)nc(SC(C(N)=O)c2ccccc2)c(C#N)c1CC. The number of benzene rings is 1. The van der Waals surface area contributed by atoms with Gasteiger partial charge in [0.2, 0.25) is 11.6 Å². The average Bonchev–Trinajstić information content (AvgIpc) is 2.90. The van der Waals surface area contributed by atoms with E-state index in [1.165, 1.54) is 0 Å². The number of hydrogen-bond donors (Lipinski definition) is 3. The van der Waals surface area contributed by atoms with Crippen LogP contribution in [0.15, 0.2) is 35.4 Å². The third kappa shape index (κ3) is 6.15. The monoisotopic (exact) mass is 507 g/mol. The number of aromatic nitrogens is 1. The van der Waals surface area contributed by atoms with Crippen molar-refractivity contribution in [3.8, 4) is 6.07 Å². The molecule has 1 atom stereocenters. The Morgan fingerprint density at radius 2 is 2.06 bits per heavy atom. The highest BCUT2D eigenvalue weighted by Crippen LogP contribution is 2.42. The van der Waals surface area contributed by atoms with E-state index in [1.54, 1.807) is 0 Å². The zero-order valence-corrected chi connectivity index (χ0v) is 21.6. The lowest BCUT2D eigenvalue weighted by molar-refractivity contribution is -0.117. The van der Waals surface area contributed by atoms with E-state index in [4.69, 9.17) is 23.0 Å². The Balaban J connectivity index is 1.90. The van der Waals surface area contributed by atoms with Gasteiger partial charge in [0.1, 0.15) is 22.2 Å². The van der Waals surface area contributed by atoms with Crippen LogP contribution in [0.3, 0.4) is 0 Å². The molecule has 9 nitrogen and oxygen atoms in total. The fourth-order valence-corrected chi connectivity index (χ4v) is 5.40. The number of thioether (sulfide) groups is 1. The second-order valence-corrected chi connectivity index (χ2v) is 10.1. The minimum atomic E-state index is -0.785. The van der Waals surface area contributed by atoms with Crippen LogP contribution in [0.25, 0.3) is 4.85 Å². The number of aliphatic hydroxyl groups is 1. The number of carbonyl (C=O) groups is 1. The molecule has 5 N–H and O–H groups in total. The maximum absolute atomic E-state index is 12.3. The Morgan fingerprint density at radius 3 is 2.58 bits per heavy atom. The van der Waals surface area contributed by atoms with Gasteiger partial charge in [0.15, 0.2) is 0 Å². The van der Waals surface area contributed by atoms with Crippen molar-refractivity contribution in [1.82, 2.24) is 9.88 Å². The summed E-state index contributed by atoms with van der Waals surface area (Å²) >= 11 is 1.14. The highest BCUT2D eigenvalue weighted by molar-refractivity contribution is 8.00. The van der Waals surface area contributed by atoms with Crippen molar-refractivity contribution in [2.24, 2.45) is 11.5 Å². The Kier molecular flexibility index (Phi) is 9.30. The quantitative estimate of drug-likeness (QED) is 0.330. The van der Waals surface area contributed by atoms with Crippen LogP contribution in [0.1, 0.15) is 41.7 Å². The number of nitrogens with two attached hydrogens (primary N) is 2. The van der Waals surface area contributed by atoms with Crippen molar-refractivity contribution in [3.05, 3.63) is 58.4 Å². The van der Waals surface area contributed by atoms with Crippen molar-refractivity contribution in [2.75, 3.05) is 44.7 Å². The molecule has 1 amide bonds. The summed E-state index contributed by atoms with van der Waals surface area (Å²) in [6.45, 7) is 12.8. The van der Waals surface area contributed by atoms with Gasteiger partial charge < -0.3 is 26.4 Å². The normalized spacial score (nSPS) is 16.1. The minimum Gasteiger partial charge on any atom is -0.388 e. The van der Waals surface area contributed by atoms with Gasteiger partial charge in [-0.3, -0.25) is 4.79 Å². The van der Waals surface area contributed by atoms with Crippen molar-refractivity contribution in [1.29, 1.82) is 5.26 Å². The molecule has 1 aliphatic heterocycles. The predicted octanol–water partition coefficient (Wildman–Crippen LogP) is 2.61. The molecule has 2 heterocycles. The zero-order valence-electron chi connectivity index (χ0n) is 20.8. The fraction of sp³-hybridized carbons (Fsp3) is 0.462. The number of rotatable bonds is 10. The molecule has 1 aliphatic rings. The van der Waals surface area contributed by atoms with Crippen LogP contribution in [0.5, 0.6) is 0 Å². The number of likely N-dealkylation sites (tertiary alicyclic amines) is 1. The Bertz CT molecular complexity index is 1150. The molecular weight excluding hydrogens is 474 g/mol. The van der Waals surface area contributed by atoms with Crippen LogP contribution < -0.4 is 16.4 Å². The smallest absolute Gasteiger partial charge is 0.235 e. The van der Waals surface area contributed by atoms with Gasteiger partial charge in [0.25, 0.3) is 0 Å². The third-order valence-electron chi connectivity index (χ3n) is 6.67. The molecule has 1 fully saturated rings. The number of carbonyl (C=O) groups excluding carboxylic acids is 1. The largest absolute Gasteiger partial charge is 0.388 e. The molecule has 36 heavy (non-hydrogen) atoms. The number of primary amides is 1. The van der Waals surface area contributed by atoms with Gasteiger partial charge in [-0.2, -0.15) is 5.26 Å². The molecule has 0 aliphatic carbocycles. The van der Waals surface area contributed by atoms with Crippen LogP contribution >= 0.6 is 11.8 Å². The standard InChI is InChI=1S/C26H33N7O2S/c1-4-19-20(16-27)25(36-22(23(29)34)18-8-6-5-7-9-18)31-24(21(19)30-2)32(3)14-15-33-12-10-26(35,17-28)11-13-33/h5-9,22,35H,4,10-15,17,28H2,1,3H3,(H2,29,34). The van der Waals surface area contributed by atoms with Crippen LogP contribution in [0.2, 0.25) is 0 Å². The van der Waals surface area contributed by atoms with E-state index < -0.39 is 16.8 Å². The van der Waals surface area contributed by atoms with Crippen molar-refractivity contribution in [3.63, 3.8) is 0 Å². The van der Waals surface area contributed by atoms with Crippen molar-refractivity contribution < 1.29 is 9.90 Å². The first-order valence-electron chi connectivity index (χ1n) is 12.0. The molecule has 3 rings (SSSR count). The lowest BCUT2D eigenvalue weighted by atomic mass is 9.92. The Morgan fingerprint density at radius 1 is 1.39 bits per heavy atom. The number of nitriles is 1. The topological polar surface area (TPSA) is 137 Å². The fourth-order valence-electron chi connectivity index (χ4n) is 4.34. The average molecular weight is 508 g/mol. The highest BCUT2D eigenvalue weighted by Gasteiger charge is 2.31. The van der Waals surface area contributed by atoms with Crippen LogP contribution in [-0.2, 0) is 11.2 Å². The van der Waals surface area contributed by atoms with E-state index in [-0.39, 0.29) is 6.54 Å². The first-order chi connectivity index (χ1) is 17.3. The number of hydrogen-bond acceptors (Lipinski definition) is 8. The van der Waals surface area contributed by atoms with Gasteiger partial charge >= 0.3 is 0 Å². The van der Waals surface area contributed by atoms with E-state index in [9.17, 15) is 15.2 Å². The van der Waals surface area contributed by atoms with Gasteiger partial charge in [-0.1, -0.05) is 49.0 Å². The molecule has 1 aromatic carbocycles. The molecule has 2 aromatic rings. The lowest BCUT2D eigenvalue weighted by Gasteiger charge is -2.38. The van der Waals surface area contributed by atoms with Crippen LogP contribution in [0, 0.1) is 17.9 Å². The molecular formula is C26H33N7O2S. The highest BCUT2D eigenvalue weighted by atomic mass is 32.2. The Hall–Kier alpha value is -3.15. The molecule has 0 spiro atoms. The molecule has 0 saturated carbocycles. The van der Waals surface area contributed by atoms with Gasteiger partial charge in [-0.05, 0) is 30.4 Å². The van der Waals surface area contributed by atoms with Gasteiger partial charge in [-0.15, -0.1) is 0 Å². The molecule has 1 aromatic heterocycles. The summed E-state index contributed by atoms with van der Waals surface area (Å²) < 4.78 is 0. The summed E-state index contributed by atoms with van der Waals surface area (Å²) in [6.07, 6.45) is 1.74. The number of pyridine rings is 1. The molecule has 0 bridgehead atoms. The van der Waals surface area contributed by atoms with Gasteiger partial charge in [-0.25, -0.2) is 9.83 Å². The Labute approximate surface area is 216 Å². The van der Waals surface area contributed by atoms with E-state index in [1.807, 2.05) is 49.2 Å². The van der Waals surface area contributed by atoms with E-state index in [0.717, 1.165) is 37.0 Å².